The number of nitrogens with one attached hydrogen (secondary N) is 1. The highest BCUT2D eigenvalue weighted by Crippen LogP contribution is 2.18. The molecule has 0 aliphatic rings. The fraction of sp³-hybridized carbons (Fsp3) is 0.174. The van der Waals surface area contributed by atoms with E-state index < -0.39 is 5.91 Å². The molecule has 0 saturated heterocycles. The number of anilines is 1. The number of carbonyl (C=O) groups is 1. The van der Waals surface area contributed by atoms with Gasteiger partial charge in [-0.25, -0.2) is 4.68 Å². The fourth-order valence-electron chi connectivity index (χ4n) is 3.16. The van der Waals surface area contributed by atoms with Crippen molar-refractivity contribution in [2.45, 2.75) is 27.3 Å². The predicted molar refractivity (Wildman–Crippen MR) is 112 cm³/mol. The maximum atomic E-state index is 12.8. The molecule has 0 bridgehead atoms. The second-order valence-electron chi connectivity index (χ2n) is 7.22. The van der Waals surface area contributed by atoms with Crippen LogP contribution in [0.25, 0.3) is 11.0 Å². The topological polar surface area (TPSA) is 77.1 Å². The van der Waals surface area contributed by atoms with Crippen LogP contribution >= 0.6 is 0 Å². The van der Waals surface area contributed by atoms with Crippen LogP contribution in [0.15, 0.2) is 64.1 Å². The van der Waals surface area contributed by atoms with Crippen molar-refractivity contribution in [3.8, 4) is 0 Å². The molecule has 0 spiro atoms. The summed E-state index contributed by atoms with van der Waals surface area (Å²) in [6.45, 7) is 6.41. The minimum absolute atomic E-state index is 0.0381. The first-order valence-electron chi connectivity index (χ1n) is 9.34. The number of nitrogens with zero attached hydrogens (tertiary/aromatic N) is 2. The first-order valence-corrected chi connectivity index (χ1v) is 9.34. The lowest BCUT2D eigenvalue weighted by molar-refractivity contribution is 0.102. The van der Waals surface area contributed by atoms with Crippen molar-refractivity contribution >= 4 is 22.7 Å². The summed E-state index contributed by atoms with van der Waals surface area (Å²) in [4.78, 5) is 25.6. The molecule has 146 valence electrons. The van der Waals surface area contributed by atoms with Gasteiger partial charge in [-0.15, -0.1) is 0 Å². The van der Waals surface area contributed by atoms with Crippen molar-refractivity contribution in [1.29, 1.82) is 0 Å². The third-order valence-corrected chi connectivity index (χ3v) is 5.04. The number of benzene rings is 2. The number of fused-ring (bicyclic) bond motifs is 1. The van der Waals surface area contributed by atoms with Gasteiger partial charge < -0.3 is 9.73 Å². The van der Waals surface area contributed by atoms with Crippen LogP contribution in [0.3, 0.4) is 0 Å². The van der Waals surface area contributed by atoms with Crippen LogP contribution in [-0.4, -0.2) is 15.7 Å². The monoisotopic (exact) mass is 387 g/mol. The molecule has 0 unspecified atom stereocenters. The summed E-state index contributed by atoms with van der Waals surface area (Å²) in [7, 11) is 0. The summed E-state index contributed by atoms with van der Waals surface area (Å²) < 4.78 is 7.23. The van der Waals surface area contributed by atoms with Gasteiger partial charge in [-0.3, -0.25) is 9.59 Å². The van der Waals surface area contributed by atoms with Crippen molar-refractivity contribution in [2.75, 3.05) is 5.32 Å². The summed E-state index contributed by atoms with van der Waals surface area (Å²) in [6, 6.07) is 13.4. The number of aromatic nitrogens is 2. The van der Waals surface area contributed by atoms with E-state index in [0.717, 1.165) is 16.7 Å². The normalized spacial score (nSPS) is 11.0. The van der Waals surface area contributed by atoms with Gasteiger partial charge in [-0.2, -0.15) is 5.10 Å². The van der Waals surface area contributed by atoms with Crippen LogP contribution in [0.5, 0.6) is 0 Å². The van der Waals surface area contributed by atoms with Gasteiger partial charge in [0.25, 0.3) is 5.91 Å². The lowest BCUT2D eigenvalue weighted by atomic mass is 10.1. The van der Waals surface area contributed by atoms with Crippen LogP contribution in [0.2, 0.25) is 0 Å². The SMILES string of the molecule is Cc1ccc(Cn2nccc2NC(=O)c2coc3cc(C)c(C)cc3c2=O)cc1. The molecule has 0 atom stereocenters. The van der Waals surface area contributed by atoms with E-state index in [1.54, 1.807) is 23.0 Å². The molecule has 2 aromatic heterocycles. The number of aryl methyl sites for hydroxylation is 3. The molecule has 0 saturated carbocycles. The van der Waals surface area contributed by atoms with E-state index in [2.05, 4.69) is 10.4 Å². The van der Waals surface area contributed by atoms with E-state index >= 15 is 0 Å². The second kappa shape index (κ2) is 7.39. The van der Waals surface area contributed by atoms with Crippen molar-refractivity contribution < 1.29 is 9.21 Å². The molecular weight excluding hydrogens is 366 g/mol. The zero-order valence-corrected chi connectivity index (χ0v) is 16.5. The Hall–Kier alpha value is -3.67. The molecule has 2 heterocycles. The average molecular weight is 387 g/mol. The van der Waals surface area contributed by atoms with E-state index in [1.165, 1.54) is 11.8 Å². The number of amides is 1. The van der Waals surface area contributed by atoms with Gasteiger partial charge in [-0.1, -0.05) is 29.8 Å². The van der Waals surface area contributed by atoms with E-state index in [4.69, 9.17) is 4.42 Å². The predicted octanol–water partition coefficient (Wildman–Crippen LogP) is 4.22. The third kappa shape index (κ3) is 3.69. The highest BCUT2D eigenvalue weighted by Gasteiger charge is 2.17. The highest BCUT2D eigenvalue weighted by molar-refractivity contribution is 6.05. The van der Waals surface area contributed by atoms with Crippen LogP contribution in [-0.2, 0) is 6.54 Å². The first-order chi connectivity index (χ1) is 13.9. The van der Waals surface area contributed by atoms with Crippen LogP contribution in [0.1, 0.15) is 32.6 Å². The third-order valence-electron chi connectivity index (χ3n) is 5.04. The Morgan fingerprint density at radius 1 is 1.07 bits per heavy atom. The van der Waals surface area contributed by atoms with E-state index in [-0.39, 0.29) is 11.0 Å². The maximum absolute atomic E-state index is 12.8. The van der Waals surface area contributed by atoms with Gasteiger partial charge in [0.1, 0.15) is 23.2 Å². The van der Waals surface area contributed by atoms with Crippen molar-refractivity contribution in [3.63, 3.8) is 0 Å². The quantitative estimate of drug-likeness (QED) is 0.569. The Morgan fingerprint density at radius 3 is 2.55 bits per heavy atom. The molecule has 29 heavy (non-hydrogen) atoms. The smallest absolute Gasteiger partial charge is 0.263 e. The molecule has 6 nitrogen and oxygen atoms in total. The Bertz CT molecular complexity index is 1270. The Balaban J connectivity index is 1.61. The molecule has 0 aliphatic carbocycles. The Morgan fingerprint density at radius 2 is 1.79 bits per heavy atom. The van der Waals surface area contributed by atoms with Gasteiger partial charge in [0.15, 0.2) is 0 Å². The van der Waals surface area contributed by atoms with Crippen LogP contribution in [0, 0.1) is 20.8 Å². The number of hydrogen-bond donors (Lipinski definition) is 1. The average Bonchev–Trinajstić information content (AvgIpc) is 3.12. The van der Waals surface area contributed by atoms with Gasteiger partial charge in [0, 0.05) is 6.07 Å². The minimum Gasteiger partial charge on any atom is -0.463 e. The highest BCUT2D eigenvalue weighted by atomic mass is 16.3. The van der Waals surface area contributed by atoms with E-state index in [0.29, 0.717) is 23.3 Å². The molecule has 4 rings (SSSR count). The second-order valence-corrected chi connectivity index (χ2v) is 7.22. The summed E-state index contributed by atoms with van der Waals surface area (Å²) in [5.41, 5.74) is 4.32. The zero-order chi connectivity index (χ0) is 20.5. The van der Waals surface area contributed by atoms with E-state index in [1.807, 2.05) is 51.1 Å². The lowest BCUT2D eigenvalue weighted by Crippen LogP contribution is -2.23. The Kier molecular flexibility index (Phi) is 4.76. The van der Waals surface area contributed by atoms with Crippen LogP contribution < -0.4 is 10.7 Å². The summed E-state index contributed by atoms with van der Waals surface area (Å²) in [5, 5.41) is 7.44. The molecule has 1 amide bonds. The summed E-state index contributed by atoms with van der Waals surface area (Å²) in [5.74, 6) is -0.0142. The number of carbonyl (C=O) groups excluding carboxylic acids is 1. The fourth-order valence-corrected chi connectivity index (χ4v) is 3.16. The van der Waals surface area contributed by atoms with E-state index in [9.17, 15) is 9.59 Å². The van der Waals surface area contributed by atoms with Gasteiger partial charge in [0.2, 0.25) is 5.43 Å². The van der Waals surface area contributed by atoms with Crippen molar-refractivity contribution in [2.24, 2.45) is 0 Å². The summed E-state index contributed by atoms with van der Waals surface area (Å²) >= 11 is 0. The molecule has 2 aromatic carbocycles. The maximum Gasteiger partial charge on any atom is 0.263 e. The zero-order valence-electron chi connectivity index (χ0n) is 16.5. The lowest BCUT2D eigenvalue weighted by Gasteiger charge is -2.10. The van der Waals surface area contributed by atoms with Gasteiger partial charge in [0.05, 0.1) is 18.1 Å². The standard InChI is InChI=1S/C23H21N3O3/c1-14-4-6-17(7-5-14)12-26-21(8-9-24-26)25-23(28)19-13-29-20-11-16(3)15(2)10-18(20)22(19)27/h4-11,13H,12H2,1-3H3,(H,25,28). The molecule has 6 heteroatoms. The molecule has 1 N–H and O–H groups in total. The largest absolute Gasteiger partial charge is 0.463 e. The minimum atomic E-state index is -0.524. The number of hydrogen-bond acceptors (Lipinski definition) is 4. The molecule has 0 aliphatic heterocycles. The first kappa shape index (κ1) is 18.7. The summed E-state index contributed by atoms with van der Waals surface area (Å²) in [6.07, 6.45) is 2.83. The van der Waals surface area contributed by atoms with Crippen LogP contribution in [0.4, 0.5) is 5.82 Å². The van der Waals surface area contributed by atoms with Gasteiger partial charge >= 0.3 is 0 Å². The van der Waals surface area contributed by atoms with Crippen molar-refractivity contribution in [3.05, 3.63) is 93.0 Å². The van der Waals surface area contributed by atoms with Crippen molar-refractivity contribution in [1.82, 2.24) is 9.78 Å². The molecular formula is C23H21N3O3. The number of rotatable bonds is 4. The van der Waals surface area contributed by atoms with Gasteiger partial charge in [-0.05, 0) is 49.6 Å². The Labute approximate surface area is 167 Å². The molecule has 0 radical (unpaired) electrons. The molecule has 4 aromatic rings. The molecule has 0 fully saturated rings.